The fourth-order valence-electron chi connectivity index (χ4n) is 2.92. The predicted octanol–water partition coefficient (Wildman–Crippen LogP) is 3.03. The van der Waals surface area contributed by atoms with Crippen molar-refractivity contribution in [3.8, 4) is 11.4 Å². The lowest BCUT2D eigenvalue weighted by Crippen LogP contribution is -2.24. The second-order valence-corrected chi connectivity index (χ2v) is 5.31. The first kappa shape index (κ1) is 13.7. The Hall–Kier alpha value is -2.30. The van der Waals surface area contributed by atoms with Gasteiger partial charge >= 0.3 is 0 Å². The van der Waals surface area contributed by atoms with E-state index in [1.54, 1.807) is 7.11 Å². The molecule has 110 valence electrons. The van der Waals surface area contributed by atoms with E-state index in [4.69, 9.17) is 4.74 Å². The number of nitrogens with zero attached hydrogens (tertiary/aromatic N) is 2. The molecule has 1 amide bonds. The van der Waals surface area contributed by atoms with Crippen LogP contribution in [0.5, 0.6) is 5.75 Å². The molecule has 0 bridgehead atoms. The van der Waals surface area contributed by atoms with E-state index in [2.05, 4.69) is 17.3 Å². The zero-order valence-corrected chi connectivity index (χ0v) is 12.5. The molecule has 0 saturated heterocycles. The minimum Gasteiger partial charge on any atom is -0.497 e. The number of anilines is 1. The molecule has 3 rings (SSSR count). The number of nitrogens with one attached hydrogen (secondary N) is 1. The van der Waals surface area contributed by atoms with Crippen molar-refractivity contribution >= 4 is 11.7 Å². The standard InChI is InChI=1S/C16H19N3O2/c1-4-11-9-14(20)17-16-15(11)10(2)18-19(16)12-5-7-13(21-3)8-6-12/h5-8,11H,4,9H2,1-3H3,(H,17,20). The van der Waals surface area contributed by atoms with Crippen LogP contribution in [0.25, 0.3) is 5.69 Å². The number of carbonyl (C=O) groups is 1. The molecule has 5 heteroatoms. The van der Waals surface area contributed by atoms with Crippen molar-refractivity contribution in [1.29, 1.82) is 0 Å². The van der Waals surface area contributed by atoms with Gasteiger partial charge in [0.25, 0.3) is 0 Å². The van der Waals surface area contributed by atoms with Crippen molar-refractivity contribution in [2.45, 2.75) is 32.6 Å². The molecular formula is C16H19N3O2. The summed E-state index contributed by atoms with van der Waals surface area (Å²) in [6, 6.07) is 7.65. The SMILES string of the molecule is CCC1CC(=O)Nc2c1c(C)nn2-c1ccc(OC)cc1. The highest BCUT2D eigenvalue weighted by Crippen LogP contribution is 2.37. The van der Waals surface area contributed by atoms with Crippen molar-refractivity contribution in [1.82, 2.24) is 9.78 Å². The average molecular weight is 285 g/mol. The van der Waals surface area contributed by atoms with Gasteiger partial charge in [-0.05, 0) is 43.5 Å². The third kappa shape index (κ3) is 2.28. The second kappa shape index (κ2) is 5.24. The van der Waals surface area contributed by atoms with Gasteiger partial charge < -0.3 is 10.1 Å². The largest absolute Gasteiger partial charge is 0.497 e. The summed E-state index contributed by atoms with van der Waals surface area (Å²) in [6.45, 7) is 4.11. The smallest absolute Gasteiger partial charge is 0.226 e. The second-order valence-electron chi connectivity index (χ2n) is 5.31. The Morgan fingerprint density at radius 2 is 2.10 bits per heavy atom. The lowest BCUT2D eigenvalue weighted by Gasteiger charge is -2.22. The van der Waals surface area contributed by atoms with Crippen LogP contribution in [0.2, 0.25) is 0 Å². The van der Waals surface area contributed by atoms with E-state index in [9.17, 15) is 4.79 Å². The van der Waals surface area contributed by atoms with E-state index >= 15 is 0 Å². The van der Waals surface area contributed by atoms with Crippen LogP contribution in [0.4, 0.5) is 5.82 Å². The quantitative estimate of drug-likeness (QED) is 0.943. The Bertz CT molecular complexity index is 674. The van der Waals surface area contributed by atoms with Crippen LogP contribution in [-0.2, 0) is 4.79 Å². The molecule has 0 saturated carbocycles. The number of aromatic nitrogens is 2. The highest BCUT2D eigenvalue weighted by atomic mass is 16.5. The molecule has 1 atom stereocenters. The minimum absolute atomic E-state index is 0.0593. The number of ether oxygens (including phenoxy) is 1. The van der Waals surface area contributed by atoms with Gasteiger partial charge in [-0.1, -0.05) is 6.92 Å². The summed E-state index contributed by atoms with van der Waals surface area (Å²) in [6.07, 6.45) is 1.48. The Morgan fingerprint density at radius 1 is 1.38 bits per heavy atom. The summed E-state index contributed by atoms with van der Waals surface area (Å²) in [4.78, 5) is 11.9. The molecule has 1 unspecified atom stereocenters. The minimum atomic E-state index is 0.0593. The summed E-state index contributed by atoms with van der Waals surface area (Å²) in [7, 11) is 1.64. The first-order valence-electron chi connectivity index (χ1n) is 7.17. The Morgan fingerprint density at radius 3 is 2.71 bits per heavy atom. The van der Waals surface area contributed by atoms with Gasteiger partial charge in [-0.2, -0.15) is 5.10 Å². The molecular weight excluding hydrogens is 266 g/mol. The monoisotopic (exact) mass is 285 g/mol. The number of fused-ring (bicyclic) bond motifs is 1. The highest BCUT2D eigenvalue weighted by molar-refractivity contribution is 5.94. The van der Waals surface area contributed by atoms with E-state index in [1.807, 2.05) is 35.9 Å². The van der Waals surface area contributed by atoms with Crippen LogP contribution >= 0.6 is 0 Å². The number of aryl methyl sites for hydroxylation is 1. The molecule has 21 heavy (non-hydrogen) atoms. The first-order chi connectivity index (χ1) is 10.1. The third-order valence-corrected chi connectivity index (χ3v) is 4.01. The average Bonchev–Trinajstić information content (AvgIpc) is 2.83. The number of hydrogen-bond acceptors (Lipinski definition) is 3. The van der Waals surface area contributed by atoms with Gasteiger partial charge in [0.2, 0.25) is 5.91 Å². The lowest BCUT2D eigenvalue weighted by molar-refractivity contribution is -0.116. The van der Waals surface area contributed by atoms with Gasteiger partial charge in [0, 0.05) is 12.0 Å². The fraction of sp³-hybridized carbons (Fsp3) is 0.375. The number of methoxy groups -OCH3 is 1. The zero-order chi connectivity index (χ0) is 15.0. The molecule has 1 aromatic carbocycles. The molecule has 1 aliphatic rings. The molecule has 2 aromatic rings. The summed E-state index contributed by atoms with van der Waals surface area (Å²) < 4.78 is 6.98. The van der Waals surface area contributed by atoms with E-state index in [0.29, 0.717) is 6.42 Å². The molecule has 2 heterocycles. The normalized spacial score (nSPS) is 17.3. The van der Waals surface area contributed by atoms with Gasteiger partial charge in [-0.15, -0.1) is 0 Å². The molecule has 0 spiro atoms. The maximum atomic E-state index is 11.9. The molecule has 1 N–H and O–H groups in total. The first-order valence-corrected chi connectivity index (χ1v) is 7.17. The Balaban J connectivity index is 2.09. The van der Waals surface area contributed by atoms with Crippen molar-refractivity contribution in [2.75, 3.05) is 12.4 Å². The fourth-order valence-corrected chi connectivity index (χ4v) is 2.92. The topological polar surface area (TPSA) is 56.2 Å². The van der Waals surface area contributed by atoms with Crippen LogP contribution in [0, 0.1) is 6.92 Å². The van der Waals surface area contributed by atoms with E-state index < -0.39 is 0 Å². The van der Waals surface area contributed by atoms with Crippen molar-refractivity contribution < 1.29 is 9.53 Å². The van der Waals surface area contributed by atoms with E-state index in [-0.39, 0.29) is 11.8 Å². The summed E-state index contributed by atoms with van der Waals surface area (Å²) >= 11 is 0. The van der Waals surface area contributed by atoms with Crippen LogP contribution in [0.3, 0.4) is 0 Å². The van der Waals surface area contributed by atoms with Crippen molar-refractivity contribution in [3.63, 3.8) is 0 Å². The molecule has 0 fully saturated rings. The summed E-state index contributed by atoms with van der Waals surface area (Å²) in [5.74, 6) is 1.91. The maximum absolute atomic E-state index is 11.9. The molecule has 1 aliphatic heterocycles. The molecule has 5 nitrogen and oxygen atoms in total. The van der Waals surface area contributed by atoms with Gasteiger partial charge in [-0.25, -0.2) is 4.68 Å². The van der Waals surface area contributed by atoms with E-state index in [1.165, 1.54) is 0 Å². The summed E-state index contributed by atoms with van der Waals surface area (Å²) in [5, 5.41) is 7.58. The third-order valence-electron chi connectivity index (χ3n) is 4.01. The molecule has 0 aliphatic carbocycles. The van der Waals surface area contributed by atoms with Gasteiger partial charge in [0.05, 0.1) is 18.5 Å². The highest BCUT2D eigenvalue weighted by Gasteiger charge is 2.30. The van der Waals surface area contributed by atoms with E-state index in [0.717, 1.165) is 34.9 Å². The van der Waals surface area contributed by atoms with Crippen LogP contribution in [0.1, 0.15) is 36.9 Å². The number of benzene rings is 1. The number of rotatable bonds is 3. The van der Waals surface area contributed by atoms with Gasteiger partial charge in [0.15, 0.2) is 0 Å². The number of amides is 1. The van der Waals surface area contributed by atoms with Crippen LogP contribution in [-0.4, -0.2) is 22.8 Å². The zero-order valence-electron chi connectivity index (χ0n) is 12.5. The number of carbonyl (C=O) groups excluding carboxylic acids is 1. The number of hydrogen-bond donors (Lipinski definition) is 1. The van der Waals surface area contributed by atoms with Crippen LogP contribution in [0.15, 0.2) is 24.3 Å². The Labute approximate surface area is 123 Å². The van der Waals surface area contributed by atoms with Gasteiger partial charge in [-0.3, -0.25) is 4.79 Å². The van der Waals surface area contributed by atoms with Crippen LogP contribution < -0.4 is 10.1 Å². The van der Waals surface area contributed by atoms with Crippen molar-refractivity contribution in [2.24, 2.45) is 0 Å². The van der Waals surface area contributed by atoms with Crippen molar-refractivity contribution in [3.05, 3.63) is 35.5 Å². The maximum Gasteiger partial charge on any atom is 0.226 e. The van der Waals surface area contributed by atoms with Gasteiger partial charge in [0.1, 0.15) is 11.6 Å². The lowest BCUT2D eigenvalue weighted by atomic mass is 9.90. The Kier molecular flexibility index (Phi) is 3.41. The molecule has 0 radical (unpaired) electrons. The summed E-state index contributed by atoms with van der Waals surface area (Å²) in [5.41, 5.74) is 3.05. The predicted molar refractivity (Wildman–Crippen MR) is 81.1 cm³/mol. The molecule has 1 aromatic heterocycles.